The summed E-state index contributed by atoms with van der Waals surface area (Å²) < 4.78 is 14.6. The van der Waals surface area contributed by atoms with Crippen molar-refractivity contribution in [2.75, 3.05) is 0 Å². The van der Waals surface area contributed by atoms with Crippen LogP contribution in [0, 0.1) is 0 Å². The average molecular weight is 500 g/mol. The van der Waals surface area contributed by atoms with Crippen LogP contribution in [0.1, 0.15) is 0 Å². The summed E-state index contributed by atoms with van der Waals surface area (Å²) in [6.45, 7) is 0. The molecule has 0 aliphatic rings. The maximum absolute atomic E-state index is 4.46. The van der Waals surface area contributed by atoms with Gasteiger partial charge in [0, 0.05) is 0 Å². The maximum atomic E-state index is 4.46. The van der Waals surface area contributed by atoms with Crippen molar-refractivity contribution in [2.45, 2.75) is 0 Å². The van der Waals surface area contributed by atoms with Gasteiger partial charge in [0.15, 0.2) is 0 Å². The van der Waals surface area contributed by atoms with E-state index in [1.165, 1.54) is 37.7 Å². The molecule has 0 saturated heterocycles. The summed E-state index contributed by atoms with van der Waals surface area (Å²) in [6, 6.07) is 4.45. The van der Waals surface area contributed by atoms with E-state index in [0.29, 0.717) is 29.0 Å². The Bertz CT molecular complexity index is 806. The van der Waals surface area contributed by atoms with Crippen molar-refractivity contribution < 1.29 is 0 Å². The number of hydrogen-bond acceptors (Lipinski definition) is 3. The molecule has 4 aromatic rings. The molecule has 84 valence electrons. The molecule has 3 aromatic heterocycles. The van der Waals surface area contributed by atoms with E-state index in [4.69, 9.17) is 0 Å². The van der Waals surface area contributed by atoms with Gasteiger partial charge in [-0.2, -0.15) is 0 Å². The third-order valence-corrected chi connectivity index (χ3v) is 9.88. The van der Waals surface area contributed by atoms with Gasteiger partial charge >= 0.3 is 130 Å². The predicted molar refractivity (Wildman–Crippen MR) is 81.7 cm³/mol. The van der Waals surface area contributed by atoms with Gasteiger partial charge in [0.25, 0.3) is 0 Å². The molecule has 0 spiro atoms. The van der Waals surface area contributed by atoms with E-state index in [0.717, 1.165) is 11.0 Å². The Balaban J connectivity index is 2.46. The number of hydrogen-bond donors (Lipinski definition) is 0. The first-order valence-corrected chi connectivity index (χ1v) is 10.4. The third-order valence-electron chi connectivity index (χ3n) is 2.61. The number of halogens is 2. The summed E-state index contributed by atoms with van der Waals surface area (Å²) in [6.07, 6.45) is 0. The van der Waals surface area contributed by atoms with Crippen molar-refractivity contribution in [3.63, 3.8) is 0 Å². The van der Waals surface area contributed by atoms with Crippen LogP contribution in [-0.2, 0) is 0 Å². The normalized spacial score (nSPS) is 12.1. The zero-order valence-corrected chi connectivity index (χ0v) is 15.4. The summed E-state index contributed by atoms with van der Waals surface area (Å²) in [5.41, 5.74) is 2.16. The fourth-order valence-corrected chi connectivity index (χ4v) is 9.10. The van der Waals surface area contributed by atoms with Crippen LogP contribution >= 0.6 is 43.6 Å². The van der Waals surface area contributed by atoms with Gasteiger partial charge in [-0.3, -0.25) is 0 Å². The second kappa shape index (κ2) is 4.00. The van der Waals surface area contributed by atoms with Crippen LogP contribution in [0.25, 0.3) is 30.3 Å². The number of rotatable bonds is 0. The molecule has 3 heterocycles. The molecule has 2 nitrogen and oxygen atoms in total. The van der Waals surface area contributed by atoms with Crippen LogP contribution in [0.2, 0.25) is 0 Å². The van der Waals surface area contributed by atoms with Gasteiger partial charge in [0.1, 0.15) is 0 Å². The number of aromatic nitrogens is 2. The van der Waals surface area contributed by atoms with Gasteiger partial charge < -0.3 is 0 Å². The molecule has 0 aliphatic carbocycles. The third kappa shape index (κ3) is 1.61. The molecule has 0 fully saturated rings. The molecule has 1 aromatic carbocycles. The topological polar surface area (TPSA) is 25.8 Å². The van der Waals surface area contributed by atoms with Crippen molar-refractivity contribution in [3.05, 3.63) is 18.8 Å². The van der Waals surface area contributed by atoms with Crippen LogP contribution in [0.15, 0.2) is 18.8 Å². The molecule has 0 N–H and O–H groups in total. The molecule has 4 rings (SSSR count). The Morgan fingerprint density at radius 1 is 0.882 bits per heavy atom. The first kappa shape index (κ1) is 11.4. The van der Waals surface area contributed by atoms with Crippen molar-refractivity contribution in [1.29, 1.82) is 0 Å². The van der Waals surface area contributed by atoms with Gasteiger partial charge in [-0.1, -0.05) is 0 Å². The predicted octanol–water partition coefficient (Wildman–Crippen LogP) is 3.64. The first-order chi connectivity index (χ1) is 8.24. The number of nitrogens with zero attached hydrogens (tertiary/aromatic N) is 2. The van der Waals surface area contributed by atoms with Gasteiger partial charge in [0.2, 0.25) is 0 Å². The van der Waals surface area contributed by atoms with Gasteiger partial charge in [-0.05, 0) is 0 Å². The minimum atomic E-state index is 0.407. The molecule has 0 unspecified atom stereocenters. The van der Waals surface area contributed by atoms with Gasteiger partial charge in [0.05, 0.1) is 0 Å². The Labute approximate surface area is 129 Å². The van der Waals surface area contributed by atoms with E-state index in [2.05, 4.69) is 52.7 Å². The minimum absolute atomic E-state index is 0.407. The summed E-state index contributed by atoms with van der Waals surface area (Å²) in [5.74, 6) is 0. The molecule has 0 saturated carbocycles. The summed E-state index contributed by atoms with van der Waals surface area (Å²) >= 11 is 9.40. The van der Waals surface area contributed by atoms with Crippen LogP contribution in [0.5, 0.6) is 0 Å². The van der Waals surface area contributed by atoms with Crippen LogP contribution < -0.4 is 0 Å². The number of benzene rings is 1. The fourth-order valence-electron chi connectivity index (χ4n) is 1.95. The molecule has 0 amide bonds. The van der Waals surface area contributed by atoms with E-state index in [1.54, 1.807) is 0 Å². The first-order valence-electron chi connectivity index (χ1n) is 4.66. The summed E-state index contributed by atoms with van der Waals surface area (Å²) in [5, 5.41) is 2.61. The zero-order chi connectivity index (χ0) is 11.6. The van der Waals surface area contributed by atoms with Crippen molar-refractivity contribution >= 4 is 103 Å². The molecule has 0 bridgehead atoms. The monoisotopic (exact) mass is 500 g/mol. The van der Waals surface area contributed by atoms with Crippen molar-refractivity contribution in [3.8, 4) is 0 Å². The molecule has 0 atom stereocenters. The van der Waals surface area contributed by atoms with E-state index in [-0.39, 0.29) is 0 Å². The molecule has 17 heavy (non-hydrogen) atoms. The second-order valence-electron chi connectivity index (χ2n) is 3.55. The van der Waals surface area contributed by atoms with Crippen molar-refractivity contribution in [1.82, 2.24) is 8.75 Å². The fraction of sp³-hybridized carbons (Fsp3) is 0. The quantitative estimate of drug-likeness (QED) is 0.345. The Morgan fingerprint density at radius 3 is 1.82 bits per heavy atom. The average Bonchev–Trinajstić information content (AvgIpc) is 2.91. The van der Waals surface area contributed by atoms with E-state index < -0.39 is 0 Å². The summed E-state index contributed by atoms with van der Waals surface area (Å²) in [4.78, 5) is 0. The van der Waals surface area contributed by atoms with Crippen molar-refractivity contribution in [2.24, 2.45) is 0 Å². The van der Waals surface area contributed by atoms with Gasteiger partial charge in [-0.15, -0.1) is 0 Å². The Hall–Kier alpha value is 0.519. The molecule has 7 heteroatoms. The van der Waals surface area contributed by atoms with E-state index in [1.807, 2.05) is 0 Å². The van der Waals surface area contributed by atoms with Crippen LogP contribution in [0.4, 0.5) is 0 Å². The Kier molecular flexibility index (Phi) is 2.67. The molecular weight excluding hydrogens is 498 g/mol. The van der Waals surface area contributed by atoms with E-state index >= 15 is 0 Å². The molecule has 0 aliphatic heterocycles. The second-order valence-corrected chi connectivity index (χ2v) is 12.6. The SMILES string of the molecule is Brc1cc2c3nsnc3c3cc(Br)[se]c3c2[se]1. The van der Waals surface area contributed by atoms with Crippen LogP contribution in [-0.4, -0.2) is 37.8 Å². The summed E-state index contributed by atoms with van der Waals surface area (Å²) in [7, 11) is 0. The van der Waals surface area contributed by atoms with Gasteiger partial charge in [-0.25, -0.2) is 0 Å². The Morgan fingerprint density at radius 2 is 1.35 bits per heavy atom. The zero-order valence-electron chi connectivity index (χ0n) is 8.03. The van der Waals surface area contributed by atoms with Crippen LogP contribution in [0.3, 0.4) is 0 Å². The molecule has 0 radical (unpaired) electrons. The molecular formula is C10H2Br2N2SSe2. The number of fused-ring (bicyclic) bond motifs is 6. The standard InChI is InChI=1S/C10H2Br2N2SSe2/c11-5-1-3-7-8(14-15-13-7)4-2-6(12)17-10(4)9(3)16-5/h1-2H. The van der Waals surface area contributed by atoms with E-state index in [9.17, 15) is 0 Å².